The number of amides is 3. The molecule has 0 bridgehead atoms. The summed E-state index contributed by atoms with van der Waals surface area (Å²) in [4.78, 5) is 31.4. The molecule has 0 saturated carbocycles. The number of alkyl halides is 1. The Hall–Kier alpha value is -4.09. The number of carbonyl (C=O) groups is 2. The van der Waals surface area contributed by atoms with Crippen LogP contribution in [-0.4, -0.2) is 80.6 Å². The number of piperidine rings is 1. The summed E-state index contributed by atoms with van der Waals surface area (Å²) < 4.78 is 57.0. The van der Waals surface area contributed by atoms with E-state index in [9.17, 15) is 14.0 Å². The molecule has 0 aromatic heterocycles. The Labute approximate surface area is 269 Å². The Balaban J connectivity index is 1.40. The summed E-state index contributed by atoms with van der Waals surface area (Å²) in [6.07, 6.45) is -0.173. The molecule has 3 aromatic carbocycles. The van der Waals surface area contributed by atoms with Crippen molar-refractivity contribution < 1.29 is 31.9 Å². The molecule has 0 spiro atoms. The number of hydrogen-bond donors (Lipinski definition) is 0. The largest absolute Gasteiger partial charge is 0.445 e. The Morgan fingerprint density at radius 1 is 1.00 bits per heavy atom. The molecule has 3 unspecified atom stereocenters. The van der Waals surface area contributed by atoms with Crippen molar-refractivity contribution in [2.75, 3.05) is 33.3 Å². The van der Waals surface area contributed by atoms with Gasteiger partial charge in [0.25, 0.3) is 0 Å². The van der Waals surface area contributed by atoms with E-state index >= 15 is 8.78 Å². The lowest BCUT2D eigenvalue weighted by Crippen LogP contribution is -2.59. The molecule has 1 fully saturated rings. The van der Waals surface area contributed by atoms with Crippen LogP contribution in [0.4, 0.5) is 22.8 Å². The van der Waals surface area contributed by atoms with Crippen LogP contribution in [-0.2, 0) is 21.3 Å². The Morgan fingerprint density at radius 3 is 2.33 bits per heavy atom. The highest BCUT2D eigenvalue weighted by molar-refractivity contribution is 6.69. The zero-order valence-electron chi connectivity index (χ0n) is 26.6. The lowest BCUT2D eigenvalue weighted by atomic mass is 9.89. The quantitative estimate of drug-likeness (QED) is 0.242. The van der Waals surface area contributed by atoms with Gasteiger partial charge >= 0.3 is 12.1 Å². The number of nitrogens with zero attached hydrogens (tertiary/aromatic N) is 3. The van der Waals surface area contributed by atoms with E-state index in [1.54, 1.807) is 18.0 Å². The van der Waals surface area contributed by atoms with E-state index < -0.39 is 49.8 Å². The van der Waals surface area contributed by atoms with E-state index in [0.29, 0.717) is 5.57 Å². The number of halogens is 3. The van der Waals surface area contributed by atoms with Gasteiger partial charge in [-0.1, -0.05) is 60.7 Å². The molecule has 3 aromatic rings. The summed E-state index contributed by atoms with van der Waals surface area (Å²) in [7, 11) is -0.591. The second kappa shape index (κ2) is 13.7. The van der Waals surface area contributed by atoms with Gasteiger partial charge in [-0.05, 0) is 67.0 Å². The Bertz CT molecular complexity index is 1570. The monoisotopic (exact) mass is 651 g/mol. The number of benzene rings is 3. The molecule has 7 nitrogen and oxygen atoms in total. The molecule has 5 rings (SSSR count). The van der Waals surface area contributed by atoms with Gasteiger partial charge in [0.1, 0.15) is 30.0 Å². The van der Waals surface area contributed by atoms with Gasteiger partial charge < -0.3 is 23.9 Å². The summed E-state index contributed by atoms with van der Waals surface area (Å²) >= 11 is 0. The summed E-state index contributed by atoms with van der Waals surface area (Å²) in [6, 6.07) is 20.4. The first-order chi connectivity index (χ1) is 21.9. The SMILES string of the molecule is CN(C(=O)N1CC(c2cc(F)ccc2F)=CC1(CO[Si](C)(C)C)c1ccccc1)C1CCN(C(=O)OCc2ccccc2)CC1F. The Kier molecular flexibility index (Phi) is 9.93. The number of likely N-dealkylation sites (tertiary alicyclic amines) is 1. The van der Waals surface area contributed by atoms with E-state index in [0.717, 1.165) is 29.3 Å². The van der Waals surface area contributed by atoms with E-state index in [2.05, 4.69) is 0 Å². The van der Waals surface area contributed by atoms with E-state index in [-0.39, 0.29) is 44.8 Å². The molecule has 0 radical (unpaired) electrons. The molecule has 2 heterocycles. The van der Waals surface area contributed by atoms with Crippen LogP contribution in [0.2, 0.25) is 19.6 Å². The number of ether oxygens (including phenoxy) is 1. The molecular weight excluding hydrogens is 611 g/mol. The molecule has 46 heavy (non-hydrogen) atoms. The maximum absolute atomic E-state index is 15.8. The molecule has 3 amide bonds. The number of urea groups is 1. The van der Waals surface area contributed by atoms with Crippen LogP contribution in [0, 0.1) is 11.6 Å². The third-order valence-corrected chi connectivity index (χ3v) is 9.51. The average molecular weight is 652 g/mol. The first-order valence-electron chi connectivity index (χ1n) is 15.4. The molecule has 0 aliphatic carbocycles. The van der Waals surface area contributed by atoms with Gasteiger partial charge in [-0.3, -0.25) is 0 Å². The van der Waals surface area contributed by atoms with Crippen molar-refractivity contribution in [3.05, 3.63) is 113 Å². The summed E-state index contributed by atoms with van der Waals surface area (Å²) in [5.41, 5.74) is 0.861. The van der Waals surface area contributed by atoms with Gasteiger partial charge in [0.05, 0.1) is 19.2 Å². The highest BCUT2D eigenvalue weighted by Crippen LogP contribution is 2.43. The lowest BCUT2D eigenvalue weighted by molar-refractivity contribution is 0.0285. The van der Waals surface area contributed by atoms with Crippen molar-refractivity contribution in [3.63, 3.8) is 0 Å². The summed E-state index contributed by atoms with van der Waals surface area (Å²) in [5, 5.41) is 0. The van der Waals surface area contributed by atoms with Gasteiger partial charge in [0, 0.05) is 25.7 Å². The second-order valence-electron chi connectivity index (χ2n) is 12.8. The predicted molar refractivity (Wildman–Crippen MR) is 173 cm³/mol. The van der Waals surface area contributed by atoms with E-state index in [1.807, 2.05) is 80.3 Å². The second-order valence-corrected chi connectivity index (χ2v) is 17.3. The van der Waals surface area contributed by atoms with Gasteiger partial charge in [-0.15, -0.1) is 0 Å². The highest BCUT2D eigenvalue weighted by atomic mass is 28.4. The minimum absolute atomic E-state index is 0.0465. The fourth-order valence-electron chi connectivity index (χ4n) is 6.00. The number of rotatable bonds is 8. The highest BCUT2D eigenvalue weighted by Gasteiger charge is 2.48. The van der Waals surface area contributed by atoms with Crippen molar-refractivity contribution in [1.82, 2.24) is 14.7 Å². The first kappa shape index (κ1) is 33.3. The lowest BCUT2D eigenvalue weighted by Gasteiger charge is -2.44. The van der Waals surface area contributed by atoms with Gasteiger partial charge in [0.2, 0.25) is 0 Å². The maximum Gasteiger partial charge on any atom is 0.410 e. The van der Waals surface area contributed by atoms with Crippen molar-refractivity contribution in [3.8, 4) is 0 Å². The van der Waals surface area contributed by atoms with Crippen LogP contribution in [0.25, 0.3) is 5.57 Å². The fraction of sp³-hybridized carbons (Fsp3) is 0.371. The summed E-state index contributed by atoms with van der Waals surface area (Å²) in [6.45, 7) is 6.18. The van der Waals surface area contributed by atoms with Crippen LogP contribution in [0.15, 0.2) is 84.9 Å². The first-order valence-corrected chi connectivity index (χ1v) is 18.8. The average Bonchev–Trinajstić information content (AvgIpc) is 3.44. The molecule has 244 valence electrons. The van der Waals surface area contributed by atoms with Crippen molar-refractivity contribution >= 4 is 26.0 Å². The van der Waals surface area contributed by atoms with Crippen molar-refractivity contribution in [1.29, 1.82) is 0 Å². The standard InChI is InChI=1S/C35H40F3N3O4Si/c1-39(32-17-18-40(22-31(32)38)34(43)44-23-25-11-7-5-8-12-25)33(42)41-21-26(29-19-28(36)15-16-30(29)37)20-35(41,24-45-46(2,3)4)27-13-9-6-10-14-27/h5-16,19-20,31-32H,17-18,21-24H2,1-4H3. The van der Waals surface area contributed by atoms with Crippen LogP contribution in [0.3, 0.4) is 0 Å². The summed E-state index contributed by atoms with van der Waals surface area (Å²) in [5.74, 6) is -1.21. The third-order valence-electron chi connectivity index (χ3n) is 8.50. The minimum Gasteiger partial charge on any atom is -0.445 e. The third kappa shape index (κ3) is 7.31. The zero-order chi connectivity index (χ0) is 33.1. The fourth-order valence-corrected chi connectivity index (χ4v) is 6.65. The van der Waals surface area contributed by atoms with E-state index in [1.165, 1.54) is 9.80 Å². The van der Waals surface area contributed by atoms with Crippen LogP contribution in [0.5, 0.6) is 0 Å². The minimum atomic E-state index is -2.13. The van der Waals surface area contributed by atoms with Crippen molar-refractivity contribution in [2.24, 2.45) is 0 Å². The molecule has 3 atom stereocenters. The topological polar surface area (TPSA) is 62.3 Å². The van der Waals surface area contributed by atoms with E-state index in [4.69, 9.17) is 9.16 Å². The van der Waals surface area contributed by atoms with Crippen LogP contribution < -0.4 is 0 Å². The van der Waals surface area contributed by atoms with Gasteiger partial charge in [-0.2, -0.15) is 0 Å². The van der Waals surface area contributed by atoms with Gasteiger partial charge in [-0.25, -0.2) is 22.8 Å². The smallest absolute Gasteiger partial charge is 0.410 e. The van der Waals surface area contributed by atoms with Gasteiger partial charge in [0.15, 0.2) is 8.32 Å². The molecule has 0 N–H and O–H groups in total. The molecular formula is C35H40F3N3O4Si. The zero-order valence-corrected chi connectivity index (χ0v) is 27.6. The van der Waals surface area contributed by atoms with Crippen molar-refractivity contribution in [2.45, 2.75) is 50.4 Å². The molecule has 2 aliphatic rings. The molecule has 1 saturated heterocycles. The van der Waals surface area contributed by atoms with Crippen LogP contribution in [0.1, 0.15) is 23.1 Å². The predicted octanol–water partition coefficient (Wildman–Crippen LogP) is 7.21. The Morgan fingerprint density at radius 2 is 1.67 bits per heavy atom. The number of carbonyl (C=O) groups excluding carboxylic acids is 2. The molecule has 11 heteroatoms. The van der Waals surface area contributed by atoms with Crippen LogP contribution >= 0.6 is 0 Å². The molecule has 2 aliphatic heterocycles. The normalized spacial score (nSPS) is 21.6. The maximum atomic E-state index is 15.8. The number of hydrogen-bond acceptors (Lipinski definition) is 4.